The van der Waals surface area contributed by atoms with Gasteiger partial charge in [0.05, 0.1) is 17.7 Å². The number of nitro benzene ring substituents is 1. The number of hydrazone groups is 1. The summed E-state index contributed by atoms with van der Waals surface area (Å²) >= 11 is 0. The number of aryl methyl sites for hydroxylation is 1. The number of nitrogens with zero attached hydrogens (tertiary/aromatic N) is 2. The summed E-state index contributed by atoms with van der Waals surface area (Å²) in [4.78, 5) is 34.9. The lowest BCUT2D eigenvalue weighted by molar-refractivity contribution is -0.384. The molecule has 36 heavy (non-hydrogen) atoms. The maximum Gasteiger partial charge on any atom is 0.271 e. The minimum atomic E-state index is -0.588. The second-order valence-electron chi connectivity index (χ2n) is 7.73. The number of hydrogen-bond donors (Lipinski definition) is 2. The summed E-state index contributed by atoms with van der Waals surface area (Å²) in [6.07, 6.45) is 1.40. The number of carbonyl (C=O) groups is 2. The molecule has 0 fully saturated rings. The van der Waals surface area contributed by atoms with Crippen molar-refractivity contribution in [1.29, 1.82) is 0 Å². The molecule has 2 amide bonds. The van der Waals surface area contributed by atoms with Crippen molar-refractivity contribution in [3.05, 3.63) is 93.0 Å². The van der Waals surface area contributed by atoms with Crippen LogP contribution in [0.5, 0.6) is 11.5 Å². The Bertz CT molecular complexity index is 1310. The van der Waals surface area contributed by atoms with E-state index >= 15 is 0 Å². The number of amides is 2. The summed E-state index contributed by atoms with van der Waals surface area (Å²) < 4.78 is 11.3. The van der Waals surface area contributed by atoms with E-state index in [0.717, 1.165) is 16.8 Å². The molecule has 0 bridgehead atoms. The van der Waals surface area contributed by atoms with Crippen LogP contribution >= 0.6 is 0 Å². The van der Waals surface area contributed by atoms with Crippen molar-refractivity contribution < 1.29 is 24.0 Å². The molecule has 0 aromatic heterocycles. The molecule has 3 aromatic rings. The summed E-state index contributed by atoms with van der Waals surface area (Å²) in [6.45, 7) is 5.89. The van der Waals surface area contributed by atoms with Crippen LogP contribution in [0.1, 0.15) is 34.0 Å². The fourth-order valence-electron chi connectivity index (χ4n) is 3.20. The molecule has 0 saturated carbocycles. The van der Waals surface area contributed by atoms with Crippen molar-refractivity contribution in [2.24, 2.45) is 5.10 Å². The fraction of sp³-hybridized carbons (Fsp3) is 0.192. The summed E-state index contributed by atoms with van der Waals surface area (Å²) in [7, 11) is 0. The normalized spacial score (nSPS) is 10.6. The van der Waals surface area contributed by atoms with Gasteiger partial charge in [0.1, 0.15) is 0 Å². The van der Waals surface area contributed by atoms with Gasteiger partial charge in [0.25, 0.3) is 17.5 Å². The van der Waals surface area contributed by atoms with Gasteiger partial charge in [-0.25, -0.2) is 5.43 Å². The average molecular weight is 491 g/mol. The Morgan fingerprint density at radius 1 is 1.03 bits per heavy atom. The Hall–Kier alpha value is -4.73. The van der Waals surface area contributed by atoms with E-state index in [1.165, 1.54) is 30.5 Å². The number of nitro groups is 1. The van der Waals surface area contributed by atoms with Gasteiger partial charge in [-0.05, 0) is 67.8 Å². The standard InChI is InChI=1S/C26H26N4O6/c1-4-35-24-13-19(15-27-29-26(32)20-8-6-9-21(14-20)30(33)34)11-12-23(24)36-16-25(31)28-22-10-5-7-17(2)18(22)3/h5-15H,4,16H2,1-3H3,(H,28,31)(H,29,32)/b27-15+. The first-order valence-corrected chi connectivity index (χ1v) is 11.1. The molecule has 0 radical (unpaired) electrons. The number of nitrogens with one attached hydrogen (secondary N) is 2. The first kappa shape index (κ1) is 25.9. The molecular formula is C26H26N4O6. The number of hydrogen-bond acceptors (Lipinski definition) is 7. The zero-order chi connectivity index (χ0) is 26.1. The highest BCUT2D eigenvalue weighted by molar-refractivity contribution is 5.95. The Kier molecular flexibility index (Phi) is 8.71. The van der Waals surface area contributed by atoms with Crippen molar-refractivity contribution in [1.82, 2.24) is 5.43 Å². The predicted octanol–water partition coefficient (Wildman–Crippen LogP) is 4.39. The van der Waals surface area contributed by atoms with Crippen LogP contribution in [0.25, 0.3) is 0 Å². The van der Waals surface area contributed by atoms with Gasteiger partial charge in [0.2, 0.25) is 0 Å². The number of rotatable bonds is 10. The lowest BCUT2D eigenvalue weighted by Crippen LogP contribution is -2.21. The third kappa shape index (κ3) is 6.89. The summed E-state index contributed by atoms with van der Waals surface area (Å²) in [6, 6.07) is 16.0. The molecule has 0 saturated heterocycles. The average Bonchev–Trinajstić information content (AvgIpc) is 2.86. The Morgan fingerprint density at radius 3 is 2.56 bits per heavy atom. The van der Waals surface area contributed by atoms with Crippen LogP contribution in [0, 0.1) is 24.0 Å². The van der Waals surface area contributed by atoms with E-state index < -0.39 is 10.8 Å². The van der Waals surface area contributed by atoms with Crippen molar-refractivity contribution in [2.75, 3.05) is 18.5 Å². The smallest absolute Gasteiger partial charge is 0.271 e. The summed E-state index contributed by atoms with van der Waals surface area (Å²) in [5, 5.41) is 17.6. The van der Waals surface area contributed by atoms with Crippen molar-refractivity contribution in [3.63, 3.8) is 0 Å². The van der Waals surface area contributed by atoms with Crippen molar-refractivity contribution >= 4 is 29.4 Å². The van der Waals surface area contributed by atoms with Gasteiger partial charge in [-0.15, -0.1) is 0 Å². The molecule has 0 aliphatic carbocycles. The molecule has 10 heteroatoms. The first-order chi connectivity index (χ1) is 17.3. The SMILES string of the molecule is CCOc1cc(/C=N/NC(=O)c2cccc([N+](=O)[O-])c2)ccc1OCC(=O)Nc1cccc(C)c1C. The maximum absolute atomic E-state index is 12.4. The van der Waals surface area contributed by atoms with E-state index in [1.807, 2.05) is 39.0 Å². The lowest BCUT2D eigenvalue weighted by Gasteiger charge is -2.14. The minimum absolute atomic E-state index is 0.110. The molecule has 0 aliphatic heterocycles. The highest BCUT2D eigenvalue weighted by atomic mass is 16.6. The van der Waals surface area contributed by atoms with Gasteiger partial charge < -0.3 is 14.8 Å². The molecule has 0 atom stereocenters. The van der Waals surface area contributed by atoms with Crippen molar-refractivity contribution in [3.8, 4) is 11.5 Å². The van der Waals surface area contributed by atoms with Crippen LogP contribution in [-0.4, -0.2) is 36.2 Å². The highest BCUT2D eigenvalue weighted by Gasteiger charge is 2.12. The molecule has 0 aliphatic rings. The summed E-state index contributed by atoms with van der Waals surface area (Å²) in [5.74, 6) is -0.104. The summed E-state index contributed by atoms with van der Waals surface area (Å²) in [5.41, 5.74) is 5.65. The zero-order valence-corrected chi connectivity index (χ0v) is 20.1. The Morgan fingerprint density at radius 2 is 1.81 bits per heavy atom. The van der Waals surface area contributed by atoms with E-state index in [4.69, 9.17) is 9.47 Å². The van der Waals surface area contributed by atoms with Gasteiger partial charge in [-0.1, -0.05) is 18.2 Å². The van der Waals surface area contributed by atoms with E-state index in [0.29, 0.717) is 23.7 Å². The van der Waals surface area contributed by atoms with Crippen LogP contribution in [-0.2, 0) is 4.79 Å². The van der Waals surface area contributed by atoms with Gasteiger partial charge in [-0.2, -0.15) is 5.10 Å². The lowest BCUT2D eigenvalue weighted by atomic mass is 10.1. The third-order valence-corrected chi connectivity index (χ3v) is 5.20. The number of ether oxygens (including phenoxy) is 2. The van der Waals surface area contributed by atoms with E-state index in [9.17, 15) is 19.7 Å². The molecule has 2 N–H and O–H groups in total. The highest BCUT2D eigenvalue weighted by Crippen LogP contribution is 2.28. The Balaban J connectivity index is 1.62. The van der Waals surface area contributed by atoms with E-state index in [-0.39, 0.29) is 23.8 Å². The quantitative estimate of drug-likeness (QED) is 0.246. The van der Waals surface area contributed by atoms with Gasteiger partial charge in [0, 0.05) is 23.4 Å². The van der Waals surface area contributed by atoms with Gasteiger partial charge in [0.15, 0.2) is 18.1 Å². The molecule has 0 unspecified atom stereocenters. The second-order valence-corrected chi connectivity index (χ2v) is 7.73. The molecule has 0 heterocycles. The number of non-ortho nitro benzene ring substituents is 1. The Labute approximate surface area is 208 Å². The van der Waals surface area contributed by atoms with Crippen LogP contribution in [0.2, 0.25) is 0 Å². The van der Waals surface area contributed by atoms with Crippen LogP contribution in [0.3, 0.4) is 0 Å². The van der Waals surface area contributed by atoms with Crippen LogP contribution in [0.15, 0.2) is 65.8 Å². The minimum Gasteiger partial charge on any atom is -0.490 e. The fourth-order valence-corrected chi connectivity index (χ4v) is 3.20. The predicted molar refractivity (Wildman–Crippen MR) is 136 cm³/mol. The number of benzene rings is 3. The number of anilines is 1. The second kappa shape index (κ2) is 12.1. The largest absolute Gasteiger partial charge is 0.490 e. The molecule has 10 nitrogen and oxygen atoms in total. The number of carbonyl (C=O) groups excluding carboxylic acids is 2. The molecule has 3 aromatic carbocycles. The van der Waals surface area contributed by atoms with Crippen molar-refractivity contribution in [2.45, 2.75) is 20.8 Å². The molecule has 3 rings (SSSR count). The topological polar surface area (TPSA) is 132 Å². The molecule has 186 valence electrons. The monoisotopic (exact) mass is 490 g/mol. The van der Waals surface area contributed by atoms with Gasteiger partial charge >= 0.3 is 0 Å². The van der Waals surface area contributed by atoms with Crippen LogP contribution < -0.4 is 20.2 Å². The van der Waals surface area contributed by atoms with E-state index in [1.54, 1.807) is 18.2 Å². The van der Waals surface area contributed by atoms with E-state index in [2.05, 4.69) is 15.8 Å². The molecule has 0 spiro atoms. The van der Waals surface area contributed by atoms with Crippen LogP contribution in [0.4, 0.5) is 11.4 Å². The molecular weight excluding hydrogens is 464 g/mol. The first-order valence-electron chi connectivity index (χ1n) is 11.1. The zero-order valence-electron chi connectivity index (χ0n) is 20.1. The maximum atomic E-state index is 12.4. The third-order valence-electron chi connectivity index (χ3n) is 5.20. The van der Waals surface area contributed by atoms with Gasteiger partial charge in [-0.3, -0.25) is 19.7 Å².